The van der Waals surface area contributed by atoms with Gasteiger partial charge >= 0.3 is 6.03 Å². The molecule has 0 spiro atoms. The lowest BCUT2D eigenvalue weighted by molar-refractivity contribution is -0.385. The lowest BCUT2D eigenvalue weighted by Crippen LogP contribution is -2.37. The van der Waals surface area contributed by atoms with Crippen molar-refractivity contribution < 1.29 is 14.5 Å². The molecular weight excluding hydrogens is 348 g/mol. The minimum Gasteiger partial charge on any atom is -0.497 e. The molecule has 2 amide bonds. The van der Waals surface area contributed by atoms with Crippen LogP contribution in [0.25, 0.3) is 0 Å². The molecule has 2 aromatic rings. The normalized spacial score (nSPS) is 11.7. The SMILES string of the molecule is COc1cccc(C(CNC(=O)Nc2cccc([N+](=O)[O-])c2C)N(C)C)c1. The van der Waals surface area contributed by atoms with Crippen molar-refractivity contribution in [2.45, 2.75) is 13.0 Å². The Morgan fingerprint density at radius 2 is 1.96 bits per heavy atom. The van der Waals surface area contributed by atoms with Crippen LogP contribution in [0.5, 0.6) is 5.75 Å². The third-order valence-electron chi connectivity index (χ3n) is 4.31. The summed E-state index contributed by atoms with van der Waals surface area (Å²) < 4.78 is 5.26. The van der Waals surface area contributed by atoms with Crippen molar-refractivity contribution in [3.05, 3.63) is 63.7 Å². The maximum absolute atomic E-state index is 12.3. The van der Waals surface area contributed by atoms with E-state index in [0.717, 1.165) is 11.3 Å². The highest BCUT2D eigenvalue weighted by Gasteiger charge is 2.18. The number of ether oxygens (including phenoxy) is 1. The number of carbonyl (C=O) groups is 1. The van der Waals surface area contributed by atoms with E-state index in [4.69, 9.17) is 4.74 Å². The molecule has 8 heteroatoms. The summed E-state index contributed by atoms with van der Waals surface area (Å²) in [6.07, 6.45) is 0. The number of carbonyl (C=O) groups excluding carboxylic acids is 1. The molecule has 2 rings (SSSR count). The van der Waals surface area contributed by atoms with Crippen LogP contribution < -0.4 is 15.4 Å². The third kappa shape index (κ3) is 5.18. The molecule has 0 heterocycles. The first kappa shape index (κ1) is 20.2. The maximum Gasteiger partial charge on any atom is 0.319 e. The van der Waals surface area contributed by atoms with Crippen LogP contribution in [0.4, 0.5) is 16.2 Å². The number of methoxy groups -OCH3 is 1. The predicted molar refractivity (Wildman–Crippen MR) is 104 cm³/mol. The van der Waals surface area contributed by atoms with Gasteiger partial charge in [0.15, 0.2) is 0 Å². The summed E-state index contributed by atoms with van der Waals surface area (Å²) in [5, 5.41) is 16.5. The number of hydrogen-bond acceptors (Lipinski definition) is 5. The maximum atomic E-state index is 12.3. The molecule has 0 fully saturated rings. The molecule has 0 aliphatic rings. The van der Waals surface area contributed by atoms with Crippen LogP contribution in [-0.2, 0) is 0 Å². The Labute approximate surface area is 158 Å². The molecule has 0 radical (unpaired) electrons. The summed E-state index contributed by atoms with van der Waals surface area (Å²) >= 11 is 0. The fraction of sp³-hybridized carbons (Fsp3) is 0.316. The molecule has 0 aliphatic heterocycles. The van der Waals surface area contributed by atoms with Crippen LogP contribution in [0.2, 0.25) is 0 Å². The third-order valence-corrected chi connectivity index (χ3v) is 4.31. The molecular formula is C19H24N4O4. The summed E-state index contributed by atoms with van der Waals surface area (Å²) in [6, 6.07) is 11.8. The average molecular weight is 372 g/mol. The smallest absolute Gasteiger partial charge is 0.319 e. The molecule has 0 saturated heterocycles. The number of urea groups is 1. The molecule has 8 nitrogen and oxygen atoms in total. The molecule has 0 bridgehead atoms. The van der Waals surface area contributed by atoms with Crippen LogP contribution in [0.1, 0.15) is 17.2 Å². The van der Waals surface area contributed by atoms with Crippen molar-refractivity contribution in [3.8, 4) is 5.75 Å². The van der Waals surface area contributed by atoms with Gasteiger partial charge in [0, 0.05) is 12.6 Å². The van der Waals surface area contributed by atoms with E-state index >= 15 is 0 Å². The van der Waals surface area contributed by atoms with Gasteiger partial charge in [-0.15, -0.1) is 0 Å². The molecule has 2 N–H and O–H groups in total. The second-order valence-electron chi connectivity index (χ2n) is 6.30. The van der Waals surface area contributed by atoms with E-state index in [2.05, 4.69) is 10.6 Å². The number of rotatable bonds is 7. The summed E-state index contributed by atoms with van der Waals surface area (Å²) in [5.41, 5.74) is 1.79. The monoisotopic (exact) mass is 372 g/mol. The first-order valence-corrected chi connectivity index (χ1v) is 8.42. The van der Waals surface area contributed by atoms with Crippen LogP contribution in [-0.4, -0.2) is 43.6 Å². The second kappa shape index (κ2) is 9.00. The Kier molecular flexibility index (Phi) is 6.73. The standard InChI is InChI=1S/C19H24N4O4/c1-13-16(9-6-10-17(13)23(25)26)21-19(24)20-12-18(22(2)3)14-7-5-8-15(11-14)27-4/h5-11,18H,12H2,1-4H3,(H2,20,21,24). The van der Waals surface area contributed by atoms with Crippen molar-refractivity contribution in [2.75, 3.05) is 33.1 Å². The van der Waals surface area contributed by atoms with E-state index < -0.39 is 11.0 Å². The number of nitro benzene ring substituents is 1. The Hall–Kier alpha value is -3.13. The molecule has 2 aromatic carbocycles. The number of amides is 2. The van der Waals surface area contributed by atoms with Crippen molar-refractivity contribution >= 4 is 17.4 Å². The first-order valence-electron chi connectivity index (χ1n) is 8.42. The number of nitro groups is 1. The predicted octanol–water partition coefficient (Wildman–Crippen LogP) is 3.34. The Bertz CT molecular complexity index is 823. The molecule has 0 aliphatic carbocycles. The first-order chi connectivity index (χ1) is 12.8. The highest BCUT2D eigenvalue weighted by atomic mass is 16.6. The second-order valence-corrected chi connectivity index (χ2v) is 6.30. The molecule has 1 unspecified atom stereocenters. The van der Waals surface area contributed by atoms with E-state index in [-0.39, 0.29) is 11.7 Å². The highest BCUT2D eigenvalue weighted by molar-refractivity contribution is 5.90. The van der Waals surface area contributed by atoms with Crippen LogP contribution >= 0.6 is 0 Å². The van der Waals surface area contributed by atoms with Gasteiger partial charge in [0.05, 0.1) is 29.3 Å². The zero-order chi connectivity index (χ0) is 20.0. The van der Waals surface area contributed by atoms with Crippen LogP contribution in [0, 0.1) is 17.0 Å². The van der Waals surface area contributed by atoms with Gasteiger partial charge < -0.3 is 20.3 Å². The topological polar surface area (TPSA) is 96.7 Å². The quantitative estimate of drug-likeness (QED) is 0.574. The van der Waals surface area contributed by atoms with Gasteiger partial charge in [0.2, 0.25) is 0 Å². The van der Waals surface area contributed by atoms with Crippen molar-refractivity contribution in [2.24, 2.45) is 0 Å². The fourth-order valence-corrected chi connectivity index (χ4v) is 2.76. The summed E-state index contributed by atoms with van der Waals surface area (Å²) in [4.78, 5) is 24.8. The summed E-state index contributed by atoms with van der Waals surface area (Å²) in [6.45, 7) is 1.96. The number of anilines is 1. The van der Waals surface area contributed by atoms with E-state index in [1.54, 1.807) is 26.2 Å². The molecule has 0 aromatic heterocycles. The zero-order valence-electron chi connectivity index (χ0n) is 15.9. The Balaban J connectivity index is 2.06. The van der Waals surface area contributed by atoms with Crippen LogP contribution in [0.15, 0.2) is 42.5 Å². The van der Waals surface area contributed by atoms with Crippen molar-refractivity contribution in [1.82, 2.24) is 10.2 Å². The summed E-state index contributed by atoms with van der Waals surface area (Å²) in [5.74, 6) is 0.746. The molecule has 1 atom stereocenters. The van der Waals surface area contributed by atoms with Gasteiger partial charge in [-0.2, -0.15) is 0 Å². The minimum absolute atomic E-state index is 0.0321. The van der Waals surface area contributed by atoms with Gasteiger partial charge in [-0.1, -0.05) is 18.2 Å². The van der Waals surface area contributed by atoms with Gasteiger partial charge in [-0.25, -0.2) is 4.79 Å². The van der Waals surface area contributed by atoms with E-state index in [1.165, 1.54) is 6.07 Å². The molecule has 27 heavy (non-hydrogen) atoms. The summed E-state index contributed by atoms with van der Waals surface area (Å²) in [7, 11) is 5.46. The van der Waals surface area contributed by atoms with Crippen LogP contribution in [0.3, 0.4) is 0 Å². The number of nitrogens with one attached hydrogen (secondary N) is 2. The fourth-order valence-electron chi connectivity index (χ4n) is 2.76. The van der Waals surface area contributed by atoms with Gasteiger partial charge in [0.1, 0.15) is 5.75 Å². The minimum atomic E-state index is -0.469. The molecule has 144 valence electrons. The lowest BCUT2D eigenvalue weighted by atomic mass is 10.1. The number of benzene rings is 2. The molecule has 0 saturated carbocycles. The van der Waals surface area contributed by atoms with Gasteiger partial charge in [-0.05, 0) is 44.8 Å². The average Bonchev–Trinajstić information content (AvgIpc) is 2.63. The number of hydrogen-bond donors (Lipinski definition) is 2. The Morgan fingerprint density at radius 3 is 2.59 bits per heavy atom. The number of likely N-dealkylation sites (N-methyl/N-ethyl adjacent to an activating group) is 1. The van der Waals surface area contributed by atoms with E-state index in [0.29, 0.717) is 17.8 Å². The van der Waals surface area contributed by atoms with Gasteiger partial charge in [0.25, 0.3) is 5.69 Å². The van der Waals surface area contributed by atoms with E-state index in [9.17, 15) is 14.9 Å². The zero-order valence-corrected chi connectivity index (χ0v) is 15.9. The number of nitrogens with zero attached hydrogens (tertiary/aromatic N) is 2. The lowest BCUT2D eigenvalue weighted by Gasteiger charge is -2.25. The van der Waals surface area contributed by atoms with Gasteiger partial charge in [-0.3, -0.25) is 10.1 Å². The van der Waals surface area contributed by atoms with Crippen molar-refractivity contribution in [3.63, 3.8) is 0 Å². The highest BCUT2D eigenvalue weighted by Crippen LogP contribution is 2.25. The largest absolute Gasteiger partial charge is 0.497 e. The van der Waals surface area contributed by atoms with E-state index in [1.807, 2.05) is 43.3 Å². The van der Waals surface area contributed by atoms with Crippen molar-refractivity contribution in [1.29, 1.82) is 0 Å². The Morgan fingerprint density at radius 1 is 1.26 bits per heavy atom.